The second kappa shape index (κ2) is 10.7. The molecule has 0 spiro atoms. The molecule has 0 unspecified atom stereocenters. The van der Waals surface area contributed by atoms with Crippen molar-refractivity contribution in [1.82, 2.24) is 14.4 Å². The zero-order valence-electron chi connectivity index (χ0n) is 21.4. The van der Waals surface area contributed by atoms with Crippen LogP contribution >= 0.6 is 7.59 Å². The van der Waals surface area contributed by atoms with Crippen molar-refractivity contribution in [2.45, 2.75) is 19.1 Å². The Morgan fingerprint density at radius 2 is 1.23 bits per heavy atom. The van der Waals surface area contributed by atoms with E-state index in [0.29, 0.717) is 31.7 Å². The number of halogens is 1. The zero-order chi connectivity index (χ0) is 26.8. The molecule has 1 heterocycles. The molecule has 0 amide bonds. The maximum absolute atomic E-state index is 15.1. The lowest BCUT2D eigenvalue weighted by molar-refractivity contribution is 0.416. The van der Waals surface area contributed by atoms with Crippen LogP contribution in [0.5, 0.6) is 0 Å². The molecule has 0 aliphatic carbocycles. The van der Waals surface area contributed by atoms with Gasteiger partial charge in [0.05, 0.1) is 6.07 Å². The molecule has 0 bridgehead atoms. The van der Waals surface area contributed by atoms with Crippen molar-refractivity contribution in [3.63, 3.8) is 0 Å². The van der Waals surface area contributed by atoms with E-state index in [1.807, 2.05) is 45.7 Å². The molecule has 7 heteroatoms. The number of rotatable bonds is 7. The smallest absolute Gasteiger partial charge is 0.270 e. The molecule has 6 rings (SSSR count). The van der Waals surface area contributed by atoms with E-state index in [0.717, 1.165) is 32.7 Å². The summed E-state index contributed by atoms with van der Waals surface area (Å²) in [5.74, 6) is -0.377. The van der Waals surface area contributed by atoms with Crippen LogP contribution in [0.2, 0.25) is 0 Å². The van der Waals surface area contributed by atoms with Crippen molar-refractivity contribution in [3.05, 3.63) is 132 Å². The molecule has 5 aromatic rings. The molecule has 5 aromatic carbocycles. The highest BCUT2D eigenvalue weighted by atomic mass is 31.2. The maximum atomic E-state index is 15.1. The van der Waals surface area contributed by atoms with Crippen molar-refractivity contribution in [2.24, 2.45) is 0 Å². The molecule has 0 aromatic heterocycles. The monoisotopic (exact) mass is 534 g/mol. The Kier molecular flexibility index (Phi) is 6.99. The van der Waals surface area contributed by atoms with Crippen molar-refractivity contribution < 1.29 is 8.96 Å². The Morgan fingerprint density at radius 3 is 1.74 bits per heavy atom. The zero-order valence-corrected chi connectivity index (χ0v) is 22.3. The maximum Gasteiger partial charge on any atom is 0.286 e. The number of nitriles is 1. The quantitative estimate of drug-likeness (QED) is 0.220. The van der Waals surface area contributed by atoms with E-state index in [9.17, 15) is 9.65 Å². The molecule has 194 valence electrons. The summed E-state index contributed by atoms with van der Waals surface area (Å²) >= 11 is 0. The van der Waals surface area contributed by atoms with Gasteiger partial charge in [-0.05, 0) is 50.4 Å². The van der Waals surface area contributed by atoms with Gasteiger partial charge in [-0.1, -0.05) is 97.1 Å². The third kappa shape index (κ3) is 4.98. The summed E-state index contributed by atoms with van der Waals surface area (Å²) in [5.41, 5.74) is 2.74. The van der Waals surface area contributed by atoms with Crippen LogP contribution < -0.4 is 5.09 Å². The predicted octanol–water partition coefficient (Wildman–Crippen LogP) is 7.41. The van der Waals surface area contributed by atoms with Gasteiger partial charge in [-0.25, -0.2) is 18.8 Å². The van der Waals surface area contributed by atoms with Gasteiger partial charge in [-0.2, -0.15) is 5.26 Å². The lowest BCUT2D eigenvalue weighted by Crippen LogP contribution is -2.31. The third-order valence-corrected chi connectivity index (χ3v) is 10.3. The van der Waals surface area contributed by atoms with Crippen LogP contribution in [-0.2, 0) is 17.7 Å². The predicted molar refractivity (Wildman–Crippen MR) is 154 cm³/mol. The molecular weight excluding hydrogens is 506 g/mol. The summed E-state index contributed by atoms with van der Waals surface area (Å²) in [6.45, 7) is 2.11. The molecule has 0 radical (unpaired) electrons. The summed E-state index contributed by atoms with van der Waals surface area (Å²) in [4.78, 5) is 0. The lowest BCUT2D eigenvalue weighted by atomic mass is 10.0. The van der Waals surface area contributed by atoms with Crippen molar-refractivity contribution in [2.75, 3.05) is 13.1 Å². The van der Waals surface area contributed by atoms with Crippen LogP contribution in [0.25, 0.3) is 21.5 Å². The molecule has 1 N–H and O–H groups in total. The summed E-state index contributed by atoms with van der Waals surface area (Å²) in [6, 6.07) is 35.9. The van der Waals surface area contributed by atoms with Crippen LogP contribution in [0.15, 0.2) is 109 Å². The number of nitrogens with one attached hydrogen (secondary N) is 1. The molecule has 1 atom stereocenters. The highest BCUT2D eigenvalue weighted by Crippen LogP contribution is 2.56. The standard InChI is InChI=1S/C32H28FN4OP/c33-29-17-15-26(16-18-29)32(21-34)35-39(38)36(22-27-11-5-9-24-7-1-3-13-30(24)27)19-20-37(39)23-28-12-6-10-25-8-2-4-14-31(25)28/h1-18,32H,19-20,22-23H2,(H,35,38)/t32-/m1/s1. The molecule has 5 nitrogen and oxygen atoms in total. The second-order valence-corrected chi connectivity index (χ2v) is 12.3. The first-order valence-electron chi connectivity index (χ1n) is 13.0. The highest BCUT2D eigenvalue weighted by molar-refractivity contribution is 7.57. The van der Waals surface area contributed by atoms with Crippen molar-refractivity contribution in [1.29, 1.82) is 5.26 Å². The Hall–Kier alpha value is -3.85. The van der Waals surface area contributed by atoms with Crippen LogP contribution in [0, 0.1) is 17.1 Å². The topological polar surface area (TPSA) is 59.4 Å². The fraction of sp³-hybridized carbons (Fsp3) is 0.156. The van der Waals surface area contributed by atoms with Gasteiger partial charge < -0.3 is 0 Å². The Balaban J connectivity index is 1.38. The van der Waals surface area contributed by atoms with E-state index >= 15 is 4.57 Å². The van der Waals surface area contributed by atoms with Gasteiger partial charge in [0.25, 0.3) is 7.59 Å². The largest absolute Gasteiger partial charge is 0.286 e. The average molecular weight is 535 g/mol. The van der Waals surface area contributed by atoms with Crippen LogP contribution in [0.3, 0.4) is 0 Å². The molecule has 1 aliphatic rings. The van der Waals surface area contributed by atoms with Crippen LogP contribution in [-0.4, -0.2) is 22.4 Å². The van der Waals surface area contributed by atoms with E-state index in [2.05, 4.69) is 59.7 Å². The minimum absolute atomic E-state index is 0.377. The van der Waals surface area contributed by atoms with Gasteiger partial charge in [0.15, 0.2) is 0 Å². The van der Waals surface area contributed by atoms with E-state index in [1.165, 1.54) is 12.1 Å². The lowest BCUT2D eigenvalue weighted by Gasteiger charge is -2.33. The van der Waals surface area contributed by atoms with Crippen LogP contribution in [0.1, 0.15) is 22.7 Å². The molecule has 39 heavy (non-hydrogen) atoms. The third-order valence-electron chi connectivity index (χ3n) is 7.48. The normalized spacial score (nSPS) is 16.4. The first-order chi connectivity index (χ1) is 19.0. The van der Waals surface area contributed by atoms with Gasteiger partial charge in [0.1, 0.15) is 11.9 Å². The number of hydrogen-bond donors (Lipinski definition) is 1. The first kappa shape index (κ1) is 25.4. The number of fused-ring (bicyclic) bond motifs is 2. The van der Waals surface area contributed by atoms with E-state index in [1.54, 1.807) is 12.1 Å². The SMILES string of the molecule is N#C[C@@H](NP1(=O)N(Cc2cccc3ccccc23)CCN1Cc1cccc2ccccc12)c1ccc(F)cc1. The van der Waals surface area contributed by atoms with Crippen LogP contribution in [0.4, 0.5) is 4.39 Å². The molecule has 0 saturated carbocycles. The first-order valence-corrected chi connectivity index (χ1v) is 14.6. The van der Waals surface area contributed by atoms with E-state index < -0.39 is 13.6 Å². The minimum Gasteiger partial charge on any atom is -0.270 e. The second-order valence-electron chi connectivity index (χ2n) is 9.84. The van der Waals surface area contributed by atoms with Gasteiger partial charge in [-0.15, -0.1) is 0 Å². The fourth-order valence-corrected chi connectivity index (χ4v) is 8.09. The number of nitrogens with zero attached hydrogens (tertiary/aromatic N) is 3. The Labute approximate surface area is 227 Å². The fourth-order valence-electron chi connectivity index (χ4n) is 5.45. The van der Waals surface area contributed by atoms with Gasteiger partial charge in [-0.3, -0.25) is 4.57 Å². The molecule has 1 aliphatic heterocycles. The van der Waals surface area contributed by atoms with Gasteiger partial charge in [0, 0.05) is 26.2 Å². The molecular formula is C32H28FN4OP. The van der Waals surface area contributed by atoms with Crippen molar-refractivity contribution >= 4 is 29.1 Å². The molecule has 1 saturated heterocycles. The van der Waals surface area contributed by atoms with Gasteiger partial charge in [0.2, 0.25) is 0 Å². The summed E-state index contributed by atoms with van der Waals surface area (Å²) in [7, 11) is -3.43. The Bertz CT molecular complexity index is 1630. The summed E-state index contributed by atoms with van der Waals surface area (Å²) in [6.07, 6.45) is 0. The molecule has 1 fully saturated rings. The highest BCUT2D eigenvalue weighted by Gasteiger charge is 2.44. The van der Waals surface area contributed by atoms with Gasteiger partial charge >= 0.3 is 0 Å². The summed E-state index contributed by atoms with van der Waals surface area (Å²) < 4.78 is 32.7. The average Bonchev–Trinajstić information content (AvgIpc) is 3.26. The Morgan fingerprint density at radius 1 is 0.744 bits per heavy atom. The number of benzene rings is 5. The van der Waals surface area contributed by atoms with E-state index in [4.69, 9.17) is 0 Å². The van der Waals surface area contributed by atoms with Crippen molar-refractivity contribution in [3.8, 4) is 6.07 Å². The summed E-state index contributed by atoms with van der Waals surface area (Å²) in [5, 5.41) is 17.8. The van der Waals surface area contributed by atoms with E-state index in [-0.39, 0.29) is 5.82 Å². The number of hydrogen-bond acceptors (Lipinski definition) is 2. The minimum atomic E-state index is -3.43.